The van der Waals surface area contributed by atoms with E-state index < -0.39 is 46.7 Å². The number of aryl methyl sites for hydroxylation is 1. The third kappa shape index (κ3) is 4.59. The number of aromatic nitrogens is 4. The number of piperazine rings is 1. The van der Waals surface area contributed by atoms with Gasteiger partial charge < -0.3 is 15.4 Å². The number of ether oxygens (including phenoxy) is 1. The first-order valence-corrected chi connectivity index (χ1v) is 16.4. The van der Waals surface area contributed by atoms with Crippen molar-refractivity contribution in [3.63, 3.8) is 0 Å². The summed E-state index contributed by atoms with van der Waals surface area (Å²) in [5, 5.41) is 1.76. The van der Waals surface area contributed by atoms with Gasteiger partial charge in [0.2, 0.25) is 18.0 Å². The molecule has 0 radical (unpaired) electrons. The highest BCUT2D eigenvalue weighted by molar-refractivity contribution is 7.10. The molecular weight excluding hydrogens is 679 g/mol. The van der Waals surface area contributed by atoms with Crippen LogP contribution in [0.4, 0.5) is 33.6 Å². The molecule has 17 heteroatoms. The lowest BCUT2D eigenvalue weighted by Gasteiger charge is -2.21. The minimum atomic E-state index is -4.90. The van der Waals surface area contributed by atoms with Gasteiger partial charge in [0.15, 0.2) is 11.9 Å². The number of nitrogens with two attached hydrogens (primary N) is 1. The Morgan fingerprint density at radius 2 is 2.06 bits per heavy atom. The van der Waals surface area contributed by atoms with E-state index in [1.54, 1.807) is 10.3 Å². The quantitative estimate of drug-likeness (QED) is 0.114. The van der Waals surface area contributed by atoms with Gasteiger partial charge in [-0.25, -0.2) is 23.6 Å². The minimum absolute atomic E-state index is 0.0568. The third-order valence-electron chi connectivity index (χ3n) is 9.91. The molecule has 4 unspecified atom stereocenters. The number of hydrogen-bond donors (Lipinski definition) is 1. The van der Waals surface area contributed by atoms with E-state index in [0.29, 0.717) is 11.6 Å². The number of thiazole rings is 1. The number of pyridine rings is 1. The zero-order chi connectivity index (χ0) is 33.9. The van der Waals surface area contributed by atoms with E-state index in [2.05, 4.69) is 24.8 Å². The molecular formula is C31H27ClF5N8O2S+. The summed E-state index contributed by atoms with van der Waals surface area (Å²) < 4.78 is 80.5. The number of likely N-dealkylation sites (tertiary alicyclic amines) is 1. The van der Waals surface area contributed by atoms with Gasteiger partial charge in [-0.3, -0.25) is 4.90 Å². The summed E-state index contributed by atoms with van der Waals surface area (Å²) in [6, 6.07) is 1.82. The van der Waals surface area contributed by atoms with Crippen LogP contribution in [0, 0.1) is 12.7 Å². The molecule has 1 aromatic carbocycles. The Kier molecular flexibility index (Phi) is 7.01. The molecule has 0 spiro atoms. The number of rotatable bonds is 7. The molecule has 5 fully saturated rings. The van der Waals surface area contributed by atoms with E-state index in [0.717, 1.165) is 31.5 Å². The SMILES string of the molecule is Cc1cc(N)nc(-c2c(Cl)cc3c(N4CC5[C@@H]6C4[N+]56C(=O)/C(F)=C/c4nccs4)nc(OCC4CCCN4C)nc3c2F)c1C(F)(F)F. The second-order valence-corrected chi connectivity index (χ2v) is 13.9. The molecule has 5 aliphatic rings. The molecule has 4 aromatic rings. The van der Waals surface area contributed by atoms with Crippen LogP contribution in [0.25, 0.3) is 28.2 Å². The van der Waals surface area contributed by atoms with Gasteiger partial charge in [0, 0.05) is 29.1 Å². The largest absolute Gasteiger partial charge is 0.462 e. The molecule has 5 atom stereocenters. The minimum Gasteiger partial charge on any atom is -0.462 e. The van der Waals surface area contributed by atoms with Gasteiger partial charge in [-0.05, 0) is 51.1 Å². The second-order valence-electron chi connectivity index (χ2n) is 12.6. The normalized spacial score (nSPS) is 26.3. The summed E-state index contributed by atoms with van der Waals surface area (Å²) in [6.45, 7) is 2.58. The zero-order valence-electron chi connectivity index (χ0n) is 25.4. The van der Waals surface area contributed by atoms with E-state index in [9.17, 15) is 18.0 Å². The van der Waals surface area contributed by atoms with Crippen LogP contribution in [0.1, 0.15) is 29.0 Å². The predicted octanol–water partition coefficient (Wildman–Crippen LogP) is 5.59. The number of amides is 1. The maximum Gasteiger partial charge on any atom is 0.418 e. The van der Waals surface area contributed by atoms with Crippen LogP contribution in [0.5, 0.6) is 6.01 Å². The predicted molar refractivity (Wildman–Crippen MR) is 168 cm³/mol. The summed E-state index contributed by atoms with van der Waals surface area (Å²) >= 11 is 7.77. The molecule has 3 aromatic heterocycles. The fourth-order valence-electron chi connectivity index (χ4n) is 7.61. The van der Waals surface area contributed by atoms with Crippen LogP contribution in [0.2, 0.25) is 5.02 Å². The number of carbonyl (C=O) groups is 1. The molecule has 5 saturated heterocycles. The zero-order valence-corrected chi connectivity index (χ0v) is 27.0. The first kappa shape index (κ1) is 31.3. The standard InChI is InChI=1S/C31H27ClF5N8O2S/c1-13-8-19(38)40-25(22(13)31(35,36)37)21-16(32)9-15-24(23(21)34)41-30(47-12-14-4-3-6-43(14)2)42-27(15)44-11-18-26-28(44)45(18,26)29(46)17(33)10-20-39-5-7-48-20/h5,7-10,14,18,26,28H,3-4,6,11-12H2,1-2H3,(H2,38,40)/q+1/b17-10-/t14?,18?,26-,28?,45?/m1/s1. The monoisotopic (exact) mass is 705 g/mol. The number of quaternary nitrogens is 1. The van der Waals surface area contributed by atoms with Gasteiger partial charge in [-0.1, -0.05) is 11.6 Å². The van der Waals surface area contributed by atoms with E-state index in [4.69, 9.17) is 22.1 Å². The highest BCUT2D eigenvalue weighted by atomic mass is 35.5. The number of nitrogens with zero attached hydrogens (tertiary/aromatic N) is 7. The molecule has 250 valence electrons. The van der Waals surface area contributed by atoms with E-state index in [1.165, 1.54) is 30.5 Å². The van der Waals surface area contributed by atoms with Crippen LogP contribution in [0.15, 0.2) is 29.5 Å². The average Bonchev–Trinajstić information content (AvgIpc) is 3.42. The number of anilines is 2. The summed E-state index contributed by atoms with van der Waals surface area (Å²) in [5.41, 5.74) is 2.66. The lowest BCUT2D eigenvalue weighted by molar-refractivity contribution is -0.642. The smallest absolute Gasteiger partial charge is 0.418 e. The van der Waals surface area contributed by atoms with Crippen LogP contribution < -0.4 is 15.4 Å². The number of halogens is 6. The molecule has 2 N–H and O–H groups in total. The van der Waals surface area contributed by atoms with Crippen LogP contribution in [-0.4, -0.2) is 86.3 Å². The number of hydrogen-bond acceptors (Lipinski definition) is 10. The average molecular weight is 706 g/mol. The molecule has 5 aliphatic heterocycles. The Hall–Kier alpha value is -3.99. The number of fused-ring (bicyclic) bond motifs is 2. The van der Waals surface area contributed by atoms with Gasteiger partial charge in [0.05, 0.1) is 28.4 Å². The van der Waals surface area contributed by atoms with Crippen molar-refractivity contribution in [3.05, 3.63) is 56.5 Å². The number of carbonyl (C=O) groups excluding carboxylic acids is 1. The first-order valence-electron chi connectivity index (χ1n) is 15.2. The van der Waals surface area contributed by atoms with Crippen molar-refractivity contribution in [3.8, 4) is 17.3 Å². The van der Waals surface area contributed by atoms with Crippen molar-refractivity contribution in [2.45, 2.75) is 50.2 Å². The molecule has 48 heavy (non-hydrogen) atoms. The van der Waals surface area contributed by atoms with Crippen molar-refractivity contribution in [1.82, 2.24) is 24.8 Å². The number of benzene rings is 1. The first-order chi connectivity index (χ1) is 22.8. The number of alkyl halides is 3. The van der Waals surface area contributed by atoms with Crippen molar-refractivity contribution in [2.24, 2.45) is 0 Å². The molecule has 0 aliphatic carbocycles. The van der Waals surface area contributed by atoms with Crippen molar-refractivity contribution in [2.75, 3.05) is 37.4 Å². The van der Waals surface area contributed by atoms with Gasteiger partial charge >= 0.3 is 18.1 Å². The molecule has 0 saturated carbocycles. The Balaban J connectivity index is 1.23. The summed E-state index contributed by atoms with van der Waals surface area (Å²) in [5.74, 6) is -2.82. The van der Waals surface area contributed by atoms with E-state index >= 15 is 8.78 Å². The Morgan fingerprint density at radius 1 is 1.27 bits per heavy atom. The Labute approximate surface area is 279 Å². The lowest BCUT2D eigenvalue weighted by Crippen LogP contribution is -2.33. The summed E-state index contributed by atoms with van der Waals surface area (Å²) in [7, 11) is 1.96. The topological polar surface area (TPSA) is 110 Å². The molecule has 2 bridgehead atoms. The molecule has 1 amide bonds. The van der Waals surface area contributed by atoms with Crippen LogP contribution >= 0.6 is 22.9 Å². The van der Waals surface area contributed by atoms with Gasteiger partial charge in [-0.2, -0.15) is 27.5 Å². The molecule has 9 rings (SSSR count). The number of likely N-dealkylation sites (N-methyl/N-ethyl adjacent to an activating group) is 1. The number of nitrogen functional groups attached to an aromatic ring is 1. The van der Waals surface area contributed by atoms with Crippen molar-refractivity contribution in [1.29, 1.82) is 0 Å². The van der Waals surface area contributed by atoms with E-state index in [-0.39, 0.29) is 68.4 Å². The molecule has 10 nitrogen and oxygen atoms in total. The van der Waals surface area contributed by atoms with Gasteiger partial charge in [0.25, 0.3) is 0 Å². The fraction of sp³-hybridized carbons (Fsp3) is 0.387. The fourth-order valence-corrected chi connectivity index (χ4v) is 8.45. The van der Waals surface area contributed by atoms with Crippen molar-refractivity contribution < 1.29 is 36.0 Å². The van der Waals surface area contributed by atoms with Crippen LogP contribution in [0.3, 0.4) is 0 Å². The molecule has 8 heterocycles. The Morgan fingerprint density at radius 3 is 2.73 bits per heavy atom. The second kappa shape index (κ2) is 10.8. The summed E-state index contributed by atoms with van der Waals surface area (Å²) in [4.78, 5) is 34.1. The van der Waals surface area contributed by atoms with Gasteiger partial charge in [-0.15, -0.1) is 11.3 Å². The maximum atomic E-state index is 16.7. The third-order valence-corrected chi connectivity index (χ3v) is 10.9. The van der Waals surface area contributed by atoms with Gasteiger partial charge in [0.1, 0.15) is 28.8 Å². The van der Waals surface area contributed by atoms with Crippen molar-refractivity contribution >= 4 is 57.5 Å². The van der Waals surface area contributed by atoms with E-state index in [1.807, 2.05) is 7.05 Å². The van der Waals surface area contributed by atoms with Crippen LogP contribution in [-0.2, 0) is 11.0 Å². The maximum absolute atomic E-state index is 16.7. The lowest BCUT2D eigenvalue weighted by atomic mass is 9.99. The Bertz CT molecular complexity index is 2040. The highest BCUT2D eigenvalue weighted by Gasteiger charge is 3.02. The highest BCUT2D eigenvalue weighted by Crippen LogP contribution is 2.70. The summed E-state index contributed by atoms with van der Waals surface area (Å²) in [6.07, 6.45) is -0.907.